The van der Waals surface area contributed by atoms with E-state index in [1.807, 2.05) is 16.8 Å². The van der Waals surface area contributed by atoms with Gasteiger partial charge in [-0.25, -0.2) is 4.68 Å². The number of aromatic nitrogens is 5. The van der Waals surface area contributed by atoms with Crippen LogP contribution in [-0.2, 0) is 5.41 Å². The average Bonchev–Trinajstić information content (AvgIpc) is 3.27. The van der Waals surface area contributed by atoms with E-state index in [9.17, 15) is 0 Å². The van der Waals surface area contributed by atoms with E-state index in [0.717, 1.165) is 53.1 Å². The minimum Gasteiger partial charge on any atom is -0.338 e. The summed E-state index contributed by atoms with van der Waals surface area (Å²) >= 11 is 0. The normalized spacial score (nSPS) is 30.2. The van der Waals surface area contributed by atoms with Crippen molar-refractivity contribution in [1.82, 2.24) is 25.1 Å². The lowest BCUT2D eigenvalue weighted by Gasteiger charge is -2.47. The zero-order chi connectivity index (χ0) is 19.5. The number of benzene rings is 1. The van der Waals surface area contributed by atoms with Crippen LogP contribution in [0, 0.1) is 17.8 Å². The van der Waals surface area contributed by atoms with Crippen molar-refractivity contribution in [3.05, 3.63) is 24.1 Å². The lowest BCUT2D eigenvalue weighted by atomic mass is 9.57. The van der Waals surface area contributed by atoms with Crippen molar-refractivity contribution in [1.29, 1.82) is 0 Å². The highest BCUT2D eigenvalue weighted by molar-refractivity contribution is 5.79. The molecule has 6 nitrogen and oxygen atoms in total. The molecule has 0 radical (unpaired) electrons. The van der Waals surface area contributed by atoms with Gasteiger partial charge >= 0.3 is 0 Å². The first kappa shape index (κ1) is 17.8. The largest absolute Gasteiger partial charge is 0.338 e. The predicted octanol–water partition coefficient (Wildman–Crippen LogP) is 5.17. The van der Waals surface area contributed by atoms with Gasteiger partial charge in [-0.1, -0.05) is 24.2 Å². The van der Waals surface area contributed by atoms with Gasteiger partial charge < -0.3 is 4.52 Å². The lowest BCUT2D eigenvalue weighted by Crippen LogP contribution is -2.42. The van der Waals surface area contributed by atoms with Gasteiger partial charge in [0.15, 0.2) is 0 Å². The third kappa shape index (κ3) is 2.85. The molecule has 2 aromatic heterocycles. The molecule has 2 unspecified atom stereocenters. The first-order valence-electron chi connectivity index (χ1n) is 10.6. The molecule has 5 rings (SSSR count). The van der Waals surface area contributed by atoms with Crippen LogP contribution in [0.25, 0.3) is 22.4 Å². The summed E-state index contributed by atoms with van der Waals surface area (Å²) in [5.41, 5.74) is 2.91. The van der Waals surface area contributed by atoms with Crippen molar-refractivity contribution in [3.8, 4) is 11.4 Å². The zero-order valence-electron chi connectivity index (χ0n) is 17.2. The fourth-order valence-electron chi connectivity index (χ4n) is 5.98. The molecule has 3 aromatic rings. The highest BCUT2D eigenvalue weighted by Crippen LogP contribution is 2.53. The van der Waals surface area contributed by atoms with E-state index in [1.165, 1.54) is 19.3 Å². The van der Waals surface area contributed by atoms with Crippen molar-refractivity contribution < 1.29 is 4.52 Å². The average molecular weight is 380 g/mol. The summed E-state index contributed by atoms with van der Waals surface area (Å²) in [6.07, 6.45) is 6.21. The summed E-state index contributed by atoms with van der Waals surface area (Å²) in [5.74, 6) is 3.76. The molecule has 2 aliphatic carbocycles. The molecule has 28 heavy (non-hydrogen) atoms. The molecule has 0 N–H and O–H groups in total. The van der Waals surface area contributed by atoms with Crippen LogP contribution in [0.15, 0.2) is 22.7 Å². The number of fused-ring (bicyclic) bond motifs is 3. The highest BCUT2D eigenvalue weighted by Gasteiger charge is 2.48. The first-order chi connectivity index (χ1) is 13.4. The van der Waals surface area contributed by atoms with Gasteiger partial charge in [0.25, 0.3) is 0 Å². The summed E-state index contributed by atoms with van der Waals surface area (Å²) in [6.45, 7) is 8.97. The van der Waals surface area contributed by atoms with Crippen LogP contribution in [0.3, 0.4) is 0 Å². The molecular weight excluding hydrogens is 350 g/mol. The van der Waals surface area contributed by atoms with Gasteiger partial charge in [0.2, 0.25) is 11.7 Å². The highest BCUT2D eigenvalue weighted by atomic mass is 16.5. The summed E-state index contributed by atoms with van der Waals surface area (Å²) in [7, 11) is 0. The van der Waals surface area contributed by atoms with Crippen LogP contribution in [0.4, 0.5) is 0 Å². The number of hydrogen-bond donors (Lipinski definition) is 0. The maximum Gasteiger partial charge on any atom is 0.233 e. The molecule has 2 heterocycles. The van der Waals surface area contributed by atoms with E-state index in [-0.39, 0.29) is 11.5 Å². The Morgan fingerprint density at radius 3 is 2.57 bits per heavy atom. The fourth-order valence-corrected chi connectivity index (χ4v) is 5.98. The Bertz CT molecular complexity index is 984. The Morgan fingerprint density at radius 2 is 1.86 bits per heavy atom. The van der Waals surface area contributed by atoms with Gasteiger partial charge in [-0.05, 0) is 81.9 Å². The monoisotopic (exact) mass is 379 g/mol. The van der Waals surface area contributed by atoms with Crippen molar-refractivity contribution in [2.45, 2.75) is 71.3 Å². The summed E-state index contributed by atoms with van der Waals surface area (Å²) in [5, 5.41) is 12.9. The molecule has 2 atom stereocenters. The van der Waals surface area contributed by atoms with Gasteiger partial charge in [-0.2, -0.15) is 4.98 Å². The maximum atomic E-state index is 5.88. The van der Waals surface area contributed by atoms with E-state index in [1.54, 1.807) is 0 Å². The van der Waals surface area contributed by atoms with Crippen LogP contribution in [0.2, 0.25) is 0 Å². The van der Waals surface area contributed by atoms with Gasteiger partial charge in [-0.3, -0.25) is 0 Å². The van der Waals surface area contributed by atoms with E-state index >= 15 is 0 Å². The third-order valence-electron chi connectivity index (χ3n) is 6.73. The quantitative estimate of drug-likeness (QED) is 0.628. The fraction of sp³-hybridized carbons (Fsp3) is 0.636. The molecule has 0 aliphatic heterocycles. The number of rotatable bonds is 3. The SMILES string of the molecule is CC1CC2CC(C)CC(c3nc(-c4ccc5c(c4)nnn5C(C)C)no3)(C1)C2. The van der Waals surface area contributed by atoms with Crippen LogP contribution in [0.1, 0.15) is 71.7 Å². The Labute approximate surface area is 165 Å². The van der Waals surface area contributed by atoms with Crippen molar-refractivity contribution in [2.24, 2.45) is 17.8 Å². The summed E-state index contributed by atoms with van der Waals surface area (Å²) in [6, 6.07) is 6.40. The van der Waals surface area contributed by atoms with Crippen molar-refractivity contribution in [2.75, 3.05) is 0 Å². The summed E-state index contributed by atoms with van der Waals surface area (Å²) < 4.78 is 7.82. The molecule has 6 heteroatoms. The summed E-state index contributed by atoms with van der Waals surface area (Å²) in [4.78, 5) is 4.90. The van der Waals surface area contributed by atoms with E-state index in [0.29, 0.717) is 5.82 Å². The predicted molar refractivity (Wildman–Crippen MR) is 108 cm³/mol. The van der Waals surface area contributed by atoms with Gasteiger partial charge in [0.05, 0.1) is 10.9 Å². The topological polar surface area (TPSA) is 69.6 Å². The van der Waals surface area contributed by atoms with Gasteiger partial charge in [0, 0.05) is 11.6 Å². The third-order valence-corrected chi connectivity index (χ3v) is 6.73. The Morgan fingerprint density at radius 1 is 1.11 bits per heavy atom. The molecule has 2 saturated carbocycles. The smallest absolute Gasteiger partial charge is 0.233 e. The molecule has 148 valence electrons. The Kier molecular flexibility index (Phi) is 4.07. The van der Waals surface area contributed by atoms with E-state index in [4.69, 9.17) is 9.51 Å². The molecular formula is C22H29N5O. The van der Waals surface area contributed by atoms with Crippen LogP contribution in [-0.4, -0.2) is 25.1 Å². The van der Waals surface area contributed by atoms with Crippen LogP contribution >= 0.6 is 0 Å². The molecule has 0 saturated heterocycles. The van der Waals surface area contributed by atoms with Crippen molar-refractivity contribution >= 4 is 11.0 Å². The zero-order valence-corrected chi connectivity index (χ0v) is 17.2. The Hall–Kier alpha value is -2.24. The standard InChI is InChI=1S/C22H29N5O/c1-13(2)27-19-6-5-17(9-18(19)24-26-27)20-23-21(28-25-20)22-10-14(3)7-16(12-22)8-15(4)11-22/h5-6,9,13-16H,7-8,10-12H2,1-4H3. The molecule has 1 aromatic carbocycles. The van der Waals surface area contributed by atoms with Crippen molar-refractivity contribution in [3.63, 3.8) is 0 Å². The molecule has 2 fully saturated rings. The molecule has 2 bridgehead atoms. The molecule has 0 spiro atoms. The second-order valence-electron chi connectivity index (χ2n) is 9.69. The number of hydrogen-bond acceptors (Lipinski definition) is 5. The minimum absolute atomic E-state index is 0.0656. The van der Waals surface area contributed by atoms with Crippen LogP contribution < -0.4 is 0 Å². The van der Waals surface area contributed by atoms with E-state index < -0.39 is 0 Å². The second kappa shape index (κ2) is 6.39. The minimum atomic E-state index is 0.0656. The van der Waals surface area contributed by atoms with Crippen LogP contribution in [0.5, 0.6) is 0 Å². The van der Waals surface area contributed by atoms with Gasteiger partial charge in [0.1, 0.15) is 5.52 Å². The Balaban J connectivity index is 1.50. The molecule has 2 aliphatic rings. The number of nitrogens with zero attached hydrogens (tertiary/aromatic N) is 5. The lowest BCUT2D eigenvalue weighted by molar-refractivity contribution is 0.0544. The first-order valence-corrected chi connectivity index (χ1v) is 10.6. The second-order valence-corrected chi connectivity index (χ2v) is 9.69. The van der Waals surface area contributed by atoms with Gasteiger partial charge in [-0.15, -0.1) is 5.10 Å². The maximum absolute atomic E-state index is 5.88. The molecule has 0 amide bonds. The van der Waals surface area contributed by atoms with E-state index in [2.05, 4.69) is 49.2 Å².